The van der Waals surface area contributed by atoms with Crippen molar-refractivity contribution in [3.63, 3.8) is 0 Å². The van der Waals surface area contributed by atoms with Crippen LogP contribution in [0.4, 0.5) is 11.4 Å². The lowest BCUT2D eigenvalue weighted by Crippen LogP contribution is -2.14. The topological polar surface area (TPSA) is 102 Å². The Hall–Kier alpha value is -2.48. The molecule has 0 saturated heterocycles. The van der Waals surface area contributed by atoms with E-state index in [4.69, 9.17) is 0 Å². The van der Waals surface area contributed by atoms with E-state index >= 15 is 0 Å². The minimum atomic E-state index is -3.78. The third-order valence-corrected chi connectivity index (χ3v) is 3.54. The molecule has 0 amide bonds. The van der Waals surface area contributed by atoms with E-state index in [2.05, 4.69) is 9.71 Å². The van der Waals surface area contributed by atoms with E-state index in [1.165, 1.54) is 36.5 Å². The number of hydrogen-bond donors (Lipinski definition) is 1. The molecule has 0 aliphatic heterocycles. The molecule has 7 nitrogen and oxygen atoms in total. The minimum Gasteiger partial charge on any atom is -0.278 e. The van der Waals surface area contributed by atoms with Crippen molar-refractivity contribution in [2.45, 2.75) is 5.03 Å². The number of non-ortho nitro benzene ring substituents is 1. The summed E-state index contributed by atoms with van der Waals surface area (Å²) < 4.78 is 26.1. The number of benzene rings is 1. The zero-order chi connectivity index (χ0) is 13.9. The molecule has 1 N–H and O–H groups in total. The van der Waals surface area contributed by atoms with Crippen molar-refractivity contribution in [1.82, 2.24) is 4.98 Å². The van der Waals surface area contributed by atoms with E-state index in [1.807, 2.05) is 0 Å². The van der Waals surface area contributed by atoms with Crippen molar-refractivity contribution in [2.24, 2.45) is 0 Å². The van der Waals surface area contributed by atoms with Crippen molar-refractivity contribution in [2.75, 3.05) is 4.72 Å². The van der Waals surface area contributed by atoms with Crippen molar-refractivity contribution < 1.29 is 13.3 Å². The normalized spacial score (nSPS) is 10.9. The summed E-state index contributed by atoms with van der Waals surface area (Å²) in [7, 11) is -3.78. The summed E-state index contributed by atoms with van der Waals surface area (Å²) in [6, 6.07) is 9.58. The zero-order valence-corrected chi connectivity index (χ0v) is 10.4. The van der Waals surface area contributed by atoms with Crippen LogP contribution in [0.5, 0.6) is 0 Å². The fourth-order valence-electron chi connectivity index (χ4n) is 1.36. The molecule has 0 atom stereocenters. The lowest BCUT2D eigenvalue weighted by Gasteiger charge is -2.06. The first-order chi connectivity index (χ1) is 8.99. The third kappa shape index (κ3) is 3.05. The number of sulfonamides is 1. The fraction of sp³-hybridized carbons (Fsp3) is 0. The van der Waals surface area contributed by atoms with Gasteiger partial charge in [0.05, 0.1) is 4.92 Å². The van der Waals surface area contributed by atoms with Gasteiger partial charge in [-0.3, -0.25) is 14.8 Å². The number of pyridine rings is 1. The first kappa shape index (κ1) is 13.0. The van der Waals surface area contributed by atoms with Crippen LogP contribution in [0.2, 0.25) is 0 Å². The monoisotopic (exact) mass is 279 g/mol. The summed E-state index contributed by atoms with van der Waals surface area (Å²) in [5, 5.41) is 10.4. The number of rotatable bonds is 4. The van der Waals surface area contributed by atoms with Gasteiger partial charge in [-0.05, 0) is 24.3 Å². The number of nitrogens with one attached hydrogen (secondary N) is 1. The maximum absolute atomic E-state index is 11.9. The Morgan fingerprint density at radius 3 is 2.32 bits per heavy atom. The minimum absolute atomic E-state index is 0.110. The van der Waals surface area contributed by atoms with E-state index in [1.54, 1.807) is 12.1 Å². The SMILES string of the molecule is O=[N+]([O-])c1ccc(NS(=O)(=O)c2ccccn2)cc1. The summed E-state index contributed by atoms with van der Waals surface area (Å²) >= 11 is 0. The van der Waals surface area contributed by atoms with Crippen molar-refractivity contribution >= 4 is 21.4 Å². The average molecular weight is 279 g/mol. The van der Waals surface area contributed by atoms with E-state index in [-0.39, 0.29) is 16.4 Å². The van der Waals surface area contributed by atoms with Gasteiger partial charge in [0.15, 0.2) is 5.03 Å². The largest absolute Gasteiger partial charge is 0.279 e. The van der Waals surface area contributed by atoms with Gasteiger partial charge in [0.2, 0.25) is 0 Å². The van der Waals surface area contributed by atoms with Gasteiger partial charge in [-0.1, -0.05) is 6.07 Å². The number of nitro groups is 1. The Morgan fingerprint density at radius 1 is 1.11 bits per heavy atom. The van der Waals surface area contributed by atoms with E-state index in [0.29, 0.717) is 0 Å². The second kappa shape index (κ2) is 5.02. The van der Waals surface area contributed by atoms with Gasteiger partial charge in [-0.25, -0.2) is 4.98 Å². The van der Waals surface area contributed by atoms with E-state index in [0.717, 1.165) is 0 Å². The maximum atomic E-state index is 11.9. The molecule has 2 rings (SSSR count). The maximum Gasteiger partial charge on any atom is 0.279 e. The zero-order valence-electron chi connectivity index (χ0n) is 9.55. The smallest absolute Gasteiger partial charge is 0.278 e. The lowest BCUT2D eigenvalue weighted by molar-refractivity contribution is -0.384. The standard InChI is InChI=1S/C11H9N3O4S/c15-14(16)10-6-4-9(5-7-10)13-19(17,18)11-3-1-2-8-12-11/h1-8,13H. The highest BCUT2D eigenvalue weighted by Crippen LogP contribution is 2.18. The van der Waals surface area contributed by atoms with Crippen molar-refractivity contribution in [1.29, 1.82) is 0 Å². The van der Waals surface area contributed by atoms with Crippen LogP contribution < -0.4 is 4.72 Å². The molecule has 0 bridgehead atoms. The molecule has 8 heteroatoms. The van der Waals surface area contributed by atoms with Gasteiger partial charge in [0.1, 0.15) is 0 Å². The molecule has 1 aromatic heterocycles. The van der Waals surface area contributed by atoms with Crippen molar-refractivity contribution in [3.8, 4) is 0 Å². The van der Waals surface area contributed by atoms with E-state index in [9.17, 15) is 18.5 Å². The number of hydrogen-bond acceptors (Lipinski definition) is 5. The molecule has 0 aliphatic carbocycles. The average Bonchev–Trinajstić information content (AvgIpc) is 2.40. The van der Waals surface area contributed by atoms with Gasteiger partial charge < -0.3 is 0 Å². The Labute approximate surface area is 109 Å². The van der Waals surface area contributed by atoms with Crippen LogP contribution in [0, 0.1) is 10.1 Å². The van der Waals surface area contributed by atoms with Gasteiger partial charge >= 0.3 is 0 Å². The highest BCUT2D eigenvalue weighted by atomic mass is 32.2. The molecule has 0 fully saturated rings. The number of nitrogens with zero attached hydrogens (tertiary/aromatic N) is 2. The highest BCUT2D eigenvalue weighted by molar-refractivity contribution is 7.92. The van der Waals surface area contributed by atoms with Crippen LogP contribution in [0.3, 0.4) is 0 Å². The molecule has 0 unspecified atom stereocenters. The number of anilines is 1. The molecular formula is C11H9N3O4S. The quantitative estimate of drug-likeness (QED) is 0.679. The lowest BCUT2D eigenvalue weighted by atomic mass is 10.3. The molecular weight excluding hydrogens is 270 g/mol. The van der Waals surface area contributed by atoms with Gasteiger partial charge in [0, 0.05) is 24.0 Å². The van der Waals surface area contributed by atoms with Crippen LogP contribution >= 0.6 is 0 Å². The van der Waals surface area contributed by atoms with Crippen LogP contribution in [0.1, 0.15) is 0 Å². The predicted molar refractivity (Wildman–Crippen MR) is 68.1 cm³/mol. The summed E-state index contributed by atoms with van der Waals surface area (Å²) in [5.41, 5.74) is 0.122. The van der Waals surface area contributed by atoms with E-state index < -0.39 is 14.9 Å². The highest BCUT2D eigenvalue weighted by Gasteiger charge is 2.15. The molecule has 0 saturated carbocycles. The molecule has 1 heterocycles. The Morgan fingerprint density at radius 2 is 1.79 bits per heavy atom. The first-order valence-electron chi connectivity index (χ1n) is 5.17. The predicted octanol–water partition coefficient (Wildman–Crippen LogP) is 1.79. The molecule has 0 aliphatic rings. The second-order valence-electron chi connectivity index (χ2n) is 3.58. The Balaban J connectivity index is 2.24. The van der Waals surface area contributed by atoms with Crippen LogP contribution in [-0.4, -0.2) is 18.3 Å². The molecule has 0 radical (unpaired) electrons. The van der Waals surface area contributed by atoms with Crippen LogP contribution in [-0.2, 0) is 10.0 Å². The third-order valence-electron chi connectivity index (χ3n) is 2.24. The molecule has 0 spiro atoms. The molecule has 1 aromatic carbocycles. The summed E-state index contributed by atoms with van der Waals surface area (Å²) in [6.07, 6.45) is 1.37. The molecule has 2 aromatic rings. The molecule has 98 valence electrons. The van der Waals surface area contributed by atoms with Gasteiger partial charge in [-0.15, -0.1) is 0 Å². The molecule has 19 heavy (non-hydrogen) atoms. The first-order valence-corrected chi connectivity index (χ1v) is 6.66. The van der Waals surface area contributed by atoms with Crippen LogP contribution in [0.25, 0.3) is 0 Å². The van der Waals surface area contributed by atoms with Crippen molar-refractivity contribution in [3.05, 3.63) is 58.8 Å². The Kier molecular flexibility index (Phi) is 3.43. The second-order valence-corrected chi connectivity index (χ2v) is 5.21. The summed E-state index contributed by atoms with van der Waals surface area (Å²) in [5.74, 6) is 0. The van der Waals surface area contributed by atoms with Gasteiger partial charge in [0.25, 0.3) is 15.7 Å². The number of nitro benzene ring substituents is 1. The van der Waals surface area contributed by atoms with Crippen LogP contribution in [0.15, 0.2) is 53.7 Å². The summed E-state index contributed by atoms with van der Waals surface area (Å²) in [6.45, 7) is 0. The fourth-order valence-corrected chi connectivity index (χ4v) is 2.37. The number of aromatic nitrogens is 1. The summed E-state index contributed by atoms with van der Waals surface area (Å²) in [4.78, 5) is 13.7. The van der Waals surface area contributed by atoms with Gasteiger partial charge in [-0.2, -0.15) is 8.42 Å². The Bertz CT molecular complexity index is 684.